The van der Waals surface area contributed by atoms with Crippen LogP contribution in [0, 0.1) is 16.0 Å². The zero-order valence-corrected chi connectivity index (χ0v) is 17.1. The molecule has 0 aliphatic carbocycles. The van der Waals surface area contributed by atoms with Crippen molar-refractivity contribution in [3.05, 3.63) is 58.4 Å². The minimum Gasteiger partial charge on any atom is -0.310 e. The molecule has 1 fully saturated rings. The first-order valence-corrected chi connectivity index (χ1v) is 11.3. The van der Waals surface area contributed by atoms with E-state index in [4.69, 9.17) is 0 Å². The third kappa shape index (κ3) is 3.80. The molecule has 4 rings (SSSR count). The summed E-state index contributed by atoms with van der Waals surface area (Å²) in [5.41, 5.74) is 1.53. The largest absolute Gasteiger partial charge is 0.310 e. The Labute approximate surface area is 174 Å². The zero-order chi connectivity index (χ0) is 21.3. The van der Waals surface area contributed by atoms with Gasteiger partial charge in [0.15, 0.2) is 0 Å². The summed E-state index contributed by atoms with van der Waals surface area (Å²) in [6.07, 6.45) is 4.57. The van der Waals surface area contributed by atoms with Gasteiger partial charge in [-0.05, 0) is 49.9 Å². The molecule has 30 heavy (non-hydrogen) atoms. The molecular weight excluding hydrogens is 408 g/mol. The number of nitrogens with zero attached hydrogens (tertiary/aromatic N) is 4. The standard InChI is InChI=1S/C20H22N4O5S/c25-20(23-13-3-5-18-19(23)6-1-11-21-18)15-4-2-12-22(14-15)30(28,29)17-9-7-16(8-10-17)24(26)27/h1,6-11,15H,2-5,12-14H2. The molecule has 0 bridgehead atoms. The van der Waals surface area contributed by atoms with Crippen molar-refractivity contribution in [2.75, 3.05) is 24.5 Å². The van der Waals surface area contributed by atoms with E-state index in [1.54, 1.807) is 17.2 Å². The number of rotatable bonds is 4. The average Bonchev–Trinajstić information content (AvgIpc) is 2.78. The molecule has 0 radical (unpaired) electrons. The van der Waals surface area contributed by atoms with E-state index in [0.717, 1.165) is 24.2 Å². The number of pyridine rings is 1. The highest BCUT2D eigenvalue weighted by Crippen LogP contribution is 2.30. The fourth-order valence-electron chi connectivity index (χ4n) is 4.09. The fourth-order valence-corrected chi connectivity index (χ4v) is 5.62. The van der Waals surface area contributed by atoms with Gasteiger partial charge in [0.05, 0.1) is 27.1 Å². The first kappa shape index (κ1) is 20.4. The third-order valence-corrected chi connectivity index (χ3v) is 7.52. The quantitative estimate of drug-likeness (QED) is 0.543. The molecule has 1 unspecified atom stereocenters. The maximum atomic E-state index is 13.2. The number of amides is 1. The monoisotopic (exact) mass is 430 g/mol. The lowest BCUT2D eigenvalue weighted by atomic mass is 9.96. The predicted molar refractivity (Wildman–Crippen MR) is 109 cm³/mol. The minimum atomic E-state index is -3.83. The van der Waals surface area contributed by atoms with Crippen LogP contribution >= 0.6 is 0 Å². The third-order valence-electron chi connectivity index (χ3n) is 5.64. The van der Waals surface area contributed by atoms with E-state index >= 15 is 0 Å². The van der Waals surface area contributed by atoms with Gasteiger partial charge in [-0.25, -0.2) is 8.42 Å². The van der Waals surface area contributed by atoms with E-state index in [9.17, 15) is 23.3 Å². The highest BCUT2D eigenvalue weighted by Gasteiger charge is 2.36. The fraction of sp³-hybridized carbons (Fsp3) is 0.400. The number of aromatic nitrogens is 1. The summed E-state index contributed by atoms with van der Waals surface area (Å²) in [6.45, 7) is 1.02. The molecule has 0 saturated carbocycles. The maximum Gasteiger partial charge on any atom is 0.269 e. The second-order valence-electron chi connectivity index (χ2n) is 7.52. The van der Waals surface area contributed by atoms with Crippen molar-refractivity contribution in [1.82, 2.24) is 9.29 Å². The molecule has 1 saturated heterocycles. The number of carbonyl (C=O) groups is 1. The normalized spacial score (nSPS) is 19.9. The molecule has 0 spiro atoms. The van der Waals surface area contributed by atoms with Crippen LogP contribution in [0.15, 0.2) is 47.5 Å². The lowest BCUT2D eigenvalue weighted by Crippen LogP contribution is -2.48. The van der Waals surface area contributed by atoms with E-state index in [2.05, 4.69) is 4.98 Å². The van der Waals surface area contributed by atoms with Crippen LogP contribution in [0.25, 0.3) is 0 Å². The number of hydrogen-bond acceptors (Lipinski definition) is 6. The lowest BCUT2D eigenvalue weighted by Gasteiger charge is -2.36. The van der Waals surface area contributed by atoms with Crippen LogP contribution in [0.5, 0.6) is 0 Å². The van der Waals surface area contributed by atoms with Crippen LogP contribution in [0.2, 0.25) is 0 Å². The molecule has 2 aliphatic rings. The summed E-state index contributed by atoms with van der Waals surface area (Å²) in [5.74, 6) is -0.509. The minimum absolute atomic E-state index is 0.00582. The Morgan fingerprint density at radius 2 is 1.90 bits per heavy atom. The van der Waals surface area contributed by atoms with Gasteiger partial charge in [0.1, 0.15) is 0 Å². The van der Waals surface area contributed by atoms with Crippen LogP contribution in [0.4, 0.5) is 11.4 Å². The molecule has 2 aromatic rings. The summed E-state index contributed by atoms with van der Waals surface area (Å²) < 4.78 is 27.4. The number of anilines is 1. The number of nitro benzene ring substituents is 1. The van der Waals surface area contributed by atoms with Gasteiger partial charge in [-0.1, -0.05) is 0 Å². The average molecular weight is 430 g/mol. The van der Waals surface area contributed by atoms with Crippen molar-refractivity contribution in [3.8, 4) is 0 Å². The molecule has 1 atom stereocenters. The van der Waals surface area contributed by atoms with E-state index in [-0.39, 0.29) is 23.0 Å². The summed E-state index contributed by atoms with van der Waals surface area (Å²) in [6, 6.07) is 8.52. The SMILES string of the molecule is O=C(C1CCCN(S(=O)(=O)c2ccc([N+](=O)[O-])cc2)C1)N1CCCc2ncccc21. The van der Waals surface area contributed by atoms with Crippen molar-refractivity contribution in [2.24, 2.45) is 5.92 Å². The van der Waals surface area contributed by atoms with Crippen LogP contribution < -0.4 is 4.90 Å². The van der Waals surface area contributed by atoms with Crippen molar-refractivity contribution >= 4 is 27.3 Å². The van der Waals surface area contributed by atoms with E-state index in [0.29, 0.717) is 25.9 Å². The van der Waals surface area contributed by atoms with Crippen LogP contribution in [-0.4, -0.2) is 48.2 Å². The topological polar surface area (TPSA) is 114 Å². The van der Waals surface area contributed by atoms with Gasteiger partial charge >= 0.3 is 0 Å². The Morgan fingerprint density at radius 1 is 1.13 bits per heavy atom. The van der Waals surface area contributed by atoms with Crippen molar-refractivity contribution in [3.63, 3.8) is 0 Å². The molecule has 158 valence electrons. The first-order chi connectivity index (χ1) is 14.4. The number of sulfonamides is 1. The molecule has 1 amide bonds. The smallest absolute Gasteiger partial charge is 0.269 e. The van der Waals surface area contributed by atoms with E-state index in [1.165, 1.54) is 28.6 Å². The Bertz CT molecular complexity index is 1070. The Balaban J connectivity index is 1.53. The summed E-state index contributed by atoms with van der Waals surface area (Å²) in [7, 11) is -3.83. The van der Waals surface area contributed by atoms with Gasteiger partial charge in [0.2, 0.25) is 15.9 Å². The number of benzene rings is 1. The summed E-state index contributed by atoms with van der Waals surface area (Å²) >= 11 is 0. The molecule has 9 nitrogen and oxygen atoms in total. The molecule has 2 aliphatic heterocycles. The second-order valence-corrected chi connectivity index (χ2v) is 9.45. The molecule has 10 heteroatoms. The highest BCUT2D eigenvalue weighted by molar-refractivity contribution is 7.89. The predicted octanol–water partition coefficient (Wildman–Crippen LogP) is 2.37. The van der Waals surface area contributed by atoms with Gasteiger partial charge in [-0.2, -0.15) is 4.31 Å². The van der Waals surface area contributed by atoms with Gasteiger partial charge in [0.25, 0.3) is 5.69 Å². The first-order valence-electron chi connectivity index (χ1n) is 9.88. The van der Waals surface area contributed by atoms with Crippen LogP contribution in [-0.2, 0) is 21.2 Å². The highest BCUT2D eigenvalue weighted by atomic mass is 32.2. The van der Waals surface area contributed by atoms with Crippen molar-refractivity contribution in [1.29, 1.82) is 0 Å². The molecule has 0 N–H and O–H groups in total. The summed E-state index contributed by atoms with van der Waals surface area (Å²) in [4.78, 5) is 29.6. The number of carbonyl (C=O) groups excluding carboxylic acids is 1. The molecular formula is C20H22N4O5S. The second kappa shape index (κ2) is 8.11. The number of non-ortho nitro benzene ring substituents is 1. The summed E-state index contributed by atoms with van der Waals surface area (Å²) in [5, 5.41) is 10.8. The van der Waals surface area contributed by atoms with Gasteiger partial charge in [-0.15, -0.1) is 0 Å². The molecule has 3 heterocycles. The number of hydrogen-bond donors (Lipinski definition) is 0. The number of piperidine rings is 1. The molecule has 1 aromatic heterocycles. The van der Waals surface area contributed by atoms with Gasteiger partial charge in [0, 0.05) is 38.0 Å². The Morgan fingerprint density at radius 3 is 2.63 bits per heavy atom. The number of aryl methyl sites for hydroxylation is 1. The zero-order valence-electron chi connectivity index (χ0n) is 16.3. The number of fused-ring (bicyclic) bond motifs is 1. The van der Waals surface area contributed by atoms with Crippen molar-refractivity contribution < 1.29 is 18.1 Å². The van der Waals surface area contributed by atoms with E-state index < -0.39 is 20.9 Å². The van der Waals surface area contributed by atoms with Crippen LogP contribution in [0.1, 0.15) is 25.0 Å². The Hall–Kier alpha value is -2.85. The maximum absolute atomic E-state index is 13.2. The number of nitro groups is 1. The molecule has 1 aromatic carbocycles. The van der Waals surface area contributed by atoms with E-state index in [1.807, 2.05) is 6.07 Å². The Kier molecular flexibility index (Phi) is 5.52. The van der Waals surface area contributed by atoms with Crippen LogP contribution in [0.3, 0.4) is 0 Å². The van der Waals surface area contributed by atoms with Crippen molar-refractivity contribution in [2.45, 2.75) is 30.6 Å². The lowest BCUT2D eigenvalue weighted by molar-refractivity contribution is -0.384. The van der Waals surface area contributed by atoms with Gasteiger partial charge < -0.3 is 4.90 Å². The van der Waals surface area contributed by atoms with Gasteiger partial charge in [-0.3, -0.25) is 19.9 Å².